The molecule has 1 unspecified atom stereocenters. The zero-order chi connectivity index (χ0) is 15.1. The molecule has 4 heteroatoms. The van der Waals surface area contributed by atoms with Crippen LogP contribution in [0.3, 0.4) is 0 Å². The number of amides is 1. The van der Waals surface area contributed by atoms with Crippen LogP contribution in [0.4, 0.5) is 0 Å². The van der Waals surface area contributed by atoms with Crippen molar-refractivity contribution in [1.82, 2.24) is 9.88 Å². The number of carbonyl (C=O) groups is 1. The van der Waals surface area contributed by atoms with Crippen molar-refractivity contribution in [2.45, 2.75) is 45.1 Å². The lowest BCUT2D eigenvalue weighted by Gasteiger charge is -2.35. The highest BCUT2D eigenvalue weighted by Gasteiger charge is 2.27. The number of carbonyl (C=O) groups excluding carboxylic acids is 1. The molecule has 1 aromatic heterocycles. The normalized spacial score (nSPS) is 18.0. The summed E-state index contributed by atoms with van der Waals surface area (Å²) in [5, 5.41) is 8.80. The van der Waals surface area contributed by atoms with Crippen molar-refractivity contribution in [3.63, 3.8) is 0 Å². The van der Waals surface area contributed by atoms with Crippen LogP contribution in [0.2, 0.25) is 0 Å². The Morgan fingerprint density at radius 2 is 2.38 bits per heavy atom. The lowest BCUT2D eigenvalue weighted by Crippen LogP contribution is -2.43. The number of pyridine rings is 1. The average molecular weight is 286 g/mol. The molecule has 1 aliphatic rings. The molecule has 1 aliphatic heterocycles. The third-order valence-corrected chi connectivity index (χ3v) is 3.87. The van der Waals surface area contributed by atoms with E-state index in [1.54, 1.807) is 18.5 Å². The van der Waals surface area contributed by atoms with Gasteiger partial charge in [-0.1, -0.05) is 18.8 Å². The van der Waals surface area contributed by atoms with Crippen molar-refractivity contribution in [2.24, 2.45) is 0 Å². The first-order valence-corrected chi connectivity index (χ1v) is 7.62. The van der Waals surface area contributed by atoms with Gasteiger partial charge in [0, 0.05) is 31.4 Å². The molecule has 0 spiro atoms. The minimum Gasteiger partial charge on any atom is -0.395 e. The fourth-order valence-electron chi connectivity index (χ4n) is 2.74. The van der Waals surface area contributed by atoms with E-state index in [0.717, 1.165) is 25.8 Å². The van der Waals surface area contributed by atoms with Gasteiger partial charge in [0.25, 0.3) is 5.91 Å². The summed E-state index contributed by atoms with van der Waals surface area (Å²) in [6.45, 7) is 2.98. The molecule has 1 N–H and O–H groups in total. The van der Waals surface area contributed by atoms with Crippen LogP contribution < -0.4 is 0 Å². The van der Waals surface area contributed by atoms with Crippen LogP contribution in [0.5, 0.6) is 0 Å². The molecule has 2 heterocycles. The second kappa shape index (κ2) is 7.80. The van der Waals surface area contributed by atoms with Crippen molar-refractivity contribution in [1.29, 1.82) is 0 Å². The Hall–Kier alpha value is -1.86. The Balaban J connectivity index is 2.24. The predicted octanol–water partition coefficient (Wildman–Crippen LogP) is 2.22. The molecule has 1 aromatic rings. The highest BCUT2D eigenvalue weighted by molar-refractivity contribution is 5.96. The van der Waals surface area contributed by atoms with Crippen molar-refractivity contribution < 1.29 is 9.90 Å². The molecule has 1 fully saturated rings. The van der Waals surface area contributed by atoms with Crippen LogP contribution in [0.25, 0.3) is 0 Å². The SMILES string of the molecule is CCC1CCCCN1C(=O)c1ccncc1C#CCCO. The fraction of sp³-hybridized carbons (Fsp3) is 0.529. The van der Waals surface area contributed by atoms with Crippen molar-refractivity contribution in [3.05, 3.63) is 29.6 Å². The number of aliphatic hydroxyl groups excluding tert-OH is 1. The van der Waals surface area contributed by atoms with Gasteiger partial charge in [0.15, 0.2) is 0 Å². The van der Waals surface area contributed by atoms with Gasteiger partial charge in [-0.2, -0.15) is 0 Å². The Labute approximate surface area is 126 Å². The molecule has 1 amide bonds. The topological polar surface area (TPSA) is 53.4 Å². The average Bonchev–Trinajstić information content (AvgIpc) is 2.55. The second-order valence-corrected chi connectivity index (χ2v) is 5.25. The summed E-state index contributed by atoms with van der Waals surface area (Å²) in [7, 11) is 0. The highest BCUT2D eigenvalue weighted by Crippen LogP contribution is 2.22. The van der Waals surface area contributed by atoms with Crippen LogP contribution in [0.15, 0.2) is 18.5 Å². The largest absolute Gasteiger partial charge is 0.395 e. The summed E-state index contributed by atoms with van der Waals surface area (Å²) in [6, 6.07) is 2.07. The van der Waals surface area contributed by atoms with Crippen LogP contribution in [0.1, 0.15) is 54.9 Å². The first kappa shape index (κ1) is 15.5. The molecule has 4 nitrogen and oxygen atoms in total. The van der Waals surface area contributed by atoms with Gasteiger partial charge < -0.3 is 10.0 Å². The molecule has 0 bridgehead atoms. The number of hydrogen-bond donors (Lipinski definition) is 1. The Morgan fingerprint density at radius 1 is 1.52 bits per heavy atom. The minimum absolute atomic E-state index is 0.0283. The Morgan fingerprint density at radius 3 is 3.14 bits per heavy atom. The van der Waals surface area contributed by atoms with Crippen LogP contribution in [0, 0.1) is 11.8 Å². The lowest BCUT2D eigenvalue weighted by atomic mass is 9.98. The van der Waals surface area contributed by atoms with E-state index in [2.05, 4.69) is 23.7 Å². The van der Waals surface area contributed by atoms with E-state index < -0.39 is 0 Å². The molecular weight excluding hydrogens is 264 g/mol. The maximum atomic E-state index is 12.8. The molecule has 112 valence electrons. The van der Waals surface area contributed by atoms with Crippen LogP contribution >= 0.6 is 0 Å². The number of hydrogen-bond acceptors (Lipinski definition) is 3. The number of nitrogens with zero attached hydrogens (tertiary/aromatic N) is 2. The van der Waals surface area contributed by atoms with Gasteiger partial charge in [-0.05, 0) is 31.7 Å². The van der Waals surface area contributed by atoms with Gasteiger partial charge in [0.05, 0.1) is 17.7 Å². The van der Waals surface area contributed by atoms with Gasteiger partial charge in [0.1, 0.15) is 0 Å². The van der Waals surface area contributed by atoms with Gasteiger partial charge >= 0.3 is 0 Å². The van der Waals surface area contributed by atoms with E-state index in [1.165, 1.54) is 6.42 Å². The lowest BCUT2D eigenvalue weighted by molar-refractivity contribution is 0.0607. The molecule has 0 aliphatic carbocycles. The van der Waals surface area contributed by atoms with Crippen molar-refractivity contribution in [2.75, 3.05) is 13.2 Å². The number of aliphatic hydroxyl groups is 1. The smallest absolute Gasteiger partial charge is 0.255 e. The first-order chi connectivity index (χ1) is 10.3. The number of piperidine rings is 1. The monoisotopic (exact) mass is 286 g/mol. The minimum atomic E-state index is 0.0283. The summed E-state index contributed by atoms with van der Waals surface area (Å²) in [4.78, 5) is 18.8. The summed E-state index contributed by atoms with van der Waals surface area (Å²) in [5.74, 6) is 5.86. The third-order valence-electron chi connectivity index (χ3n) is 3.87. The van der Waals surface area contributed by atoms with Crippen molar-refractivity contribution in [3.8, 4) is 11.8 Å². The zero-order valence-corrected chi connectivity index (χ0v) is 12.5. The summed E-state index contributed by atoms with van der Waals surface area (Å²) in [6.07, 6.45) is 8.00. The fourth-order valence-corrected chi connectivity index (χ4v) is 2.74. The molecule has 0 aromatic carbocycles. The first-order valence-electron chi connectivity index (χ1n) is 7.62. The van der Waals surface area contributed by atoms with Gasteiger partial charge in [0.2, 0.25) is 0 Å². The van der Waals surface area contributed by atoms with Crippen molar-refractivity contribution >= 4 is 5.91 Å². The standard InChI is InChI=1S/C17H22N2O2/c1-2-15-8-3-5-11-19(15)17(21)16-9-10-18-13-14(16)7-4-6-12-20/h9-10,13,15,20H,2-3,5-6,8,11-12H2,1H3. The number of aromatic nitrogens is 1. The van der Waals surface area contributed by atoms with Gasteiger partial charge in [-0.3, -0.25) is 9.78 Å². The van der Waals surface area contributed by atoms with Crippen LogP contribution in [-0.4, -0.2) is 40.1 Å². The quantitative estimate of drug-likeness (QED) is 0.867. The maximum absolute atomic E-state index is 12.8. The predicted molar refractivity (Wildman–Crippen MR) is 81.8 cm³/mol. The van der Waals surface area contributed by atoms with Gasteiger partial charge in [-0.15, -0.1) is 0 Å². The van der Waals surface area contributed by atoms with E-state index >= 15 is 0 Å². The third kappa shape index (κ3) is 3.83. The summed E-state index contributed by atoms with van der Waals surface area (Å²) < 4.78 is 0. The summed E-state index contributed by atoms with van der Waals surface area (Å²) in [5.41, 5.74) is 1.27. The Kier molecular flexibility index (Phi) is 5.77. The van der Waals surface area contributed by atoms with E-state index in [-0.39, 0.29) is 12.5 Å². The number of likely N-dealkylation sites (tertiary alicyclic amines) is 1. The molecule has 1 saturated heterocycles. The van der Waals surface area contributed by atoms with E-state index in [9.17, 15) is 4.79 Å². The molecule has 21 heavy (non-hydrogen) atoms. The highest BCUT2D eigenvalue weighted by atomic mass is 16.2. The molecule has 1 atom stereocenters. The molecule has 0 radical (unpaired) electrons. The molecule has 2 rings (SSSR count). The van der Waals surface area contributed by atoms with E-state index in [0.29, 0.717) is 23.6 Å². The van der Waals surface area contributed by atoms with E-state index in [1.807, 2.05) is 4.90 Å². The zero-order valence-electron chi connectivity index (χ0n) is 12.5. The van der Waals surface area contributed by atoms with Gasteiger partial charge in [-0.25, -0.2) is 0 Å². The Bertz CT molecular complexity index is 545. The number of rotatable bonds is 3. The molecular formula is C17H22N2O2. The second-order valence-electron chi connectivity index (χ2n) is 5.25. The van der Waals surface area contributed by atoms with E-state index in [4.69, 9.17) is 5.11 Å². The molecule has 0 saturated carbocycles. The maximum Gasteiger partial charge on any atom is 0.255 e. The van der Waals surface area contributed by atoms with Crippen LogP contribution in [-0.2, 0) is 0 Å². The summed E-state index contributed by atoms with van der Waals surface area (Å²) >= 11 is 0.